The maximum Gasteiger partial charge on any atom is 0.424 e. The number of aryl methyl sites for hydroxylation is 1. The minimum Gasteiger partial charge on any atom is -0.374 e. The van der Waals surface area contributed by atoms with Gasteiger partial charge >= 0.3 is 6.18 Å². The van der Waals surface area contributed by atoms with Crippen molar-refractivity contribution in [2.45, 2.75) is 31.0 Å². The first-order valence-electron chi connectivity index (χ1n) is 7.51. The molecule has 3 N–H and O–H groups in total. The quantitative estimate of drug-likeness (QED) is 0.740. The van der Waals surface area contributed by atoms with Gasteiger partial charge < -0.3 is 20.3 Å². The highest BCUT2D eigenvalue weighted by molar-refractivity contribution is 5.78. The van der Waals surface area contributed by atoms with Gasteiger partial charge in [0.15, 0.2) is 0 Å². The van der Waals surface area contributed by atoms with E-state index in [0.717, 1.165) is 17.5 Å². The van der Waals surface area contributed by atoms with Gasteiger partial charge in [-0.3, -0.25) is 4.79 Å². The first-order chi connectivity index (χ1) is 10.8. The van der Waals surface area contributed by atoms with E-state index in [-0.39, 0.29) is 18.4 Å². The molecule has 1 fully saturated rings. The second-order valence-electron chi connectivity index (χ2n) is 5.80. The summed E-state index contributed by atoms with van der Waals surface area (Å²) >= 11 is 0. The van der Waals surface area contributed by atoms with Crippen molar-refractivity contribution in [1.29, 1.82) is 0 Å². The second kappa shape index (κ2) is 6.88. The van der Waals surface area contributed by atoms with Crippen LogP contribution in [0.25, 0.3) is 0 Å². The van der Waals surface area contributed by atoms with Gasteiger partial charge in [0.2, 0.25) is 11.5 Å². The van der Waals surface area contributed by atoms with Crippen molar-refractivity contribution in [3.05, 3.63) is 18.2 Å². The standard InChI is InChI=1S/C14H21F3N4O2/c1-21-8-7-20-12(21)13(23,14(15,16)17)4-6-19-11(22)10-3-2-5-18-9-10/h7-8,10,18,23H,2-6,9H2,1H3,(H,19,22)/t10-,13+/m1/s1. The Labute approximate surface area is 132 Å². The fourth-order valence-electron chi connectivity index (χ4n) is 2.73. The molecule has 0 bridgehead atoms. The molecule has 1 aliphatic rings. The number of nitrogens with zero attached hydrogens (tertiary/aromatic N) is 2. The van der Waals surface area contributed by atoms with Crippen molar-refractivity contribution in [2.24, 2.45) is 13.0 Å². The Balaban J connectivity index is 2.00. The number of hydrogen-bond acceptors (Lipinski definition) is 4. The summed E-state index contributed by atoms with van der Waals surface area (Å²) < 4.78 is 41.0. The van der Waals surface area contributed by atoms with Crippen molar-refractivity contribution >= 4 is 5.91 Å². The van der Waals surface area contributed by atoms with Gasteiger partial charge in [-0.15, -0.1) is 0 Å². The number of rotatable bonds is 5. The van der Waals surface area contributed by atoms with Crippen LogP contribution >= 0.6 is 0 Å². The predicted molar refractivity (Wildman–Crippen MR) is 76.4 cm³/mol. The van der Waals surface area contributed by atoms with Gasteiger partial charge in [-0.25, -0.2) is 4.98 Å². The van der Waals surface area contributed by atoms with Crippen LogP contribution in [0.5, 0.6) is 0 Å². The van der Waals surface area contributed by atoms with E-state index in [1.807, 2.05) is 0 Å². The van der Waals surface area contributed by atoms with Gasteiger partial charge in [-0.1, -0.05) is 0 Å². The molecule has 0 aromatic carbocycles. The lowest BCUT2D eigenvalue weighted by Gasteiger charge is -2.30. The molecule has 130 valence electrons. The predicted octanol–water partition coefficient (Wildman–Crippen LogP) is 0.676. The third-order valence-electron chi connectivity index (χ3n) is 4.11. The summed E-state index contributed by atoms with van der Waals surface area (Å²) in [7, 11) is 1.38. The third-order valence-corrected chi connectivity index (χ3v) is 4.11. The molecule has 1 aromatic rings. The number of amides is 1. The van der Waals surface area contributed by atoms with Gasteiger partial charge in [0, 0.05) is 39.0 Å². The van der Waals surface area contributed by atoms with E-state index in [9.17, 15) is 23.1 Å². The topological polar surface area (TPSA) is 79.2 Å². The zero-order valence-corrected chi connectivity index (χ0v) is 12.9. The molecule has 0 spiro atoms. The maximum atomic E-state index is 13.3. The van der Waals surface area contributed by atoms with Crippen molar-refractivity contribution in [1.82, 2.24) is 20.2 Å². The van der Waals surface area contributed by atoms with E-state index < -0.39 is 24.0 Å². The Morgan fingerprint density at radius 3 is 2.83 bits per heavy atom. The normalized spacial score (nSPS) is 21.7. The minimum atomic E-state index is -4.89. The molecule has 2 rings (SSSR count). The van der Waals surface area contributed by atoms with Crippen LogP contribution < -0.4 is 10.6 Å². The Morgan fingerprint density at radius 1 is 1.57 bits per heavy atom. The van der Waals surface area contributed by atoms with E-state index in [1.54, 1.807) is 0 Å². The van der Waals surface area contributed by atoms with Crippen molar-refractivity contribution in [3.8, 4) is 0 Å². The fourth-order valence-corrected chi connectivity index (χ4v) is 2.73. The van der Waals surface area contributed by atoms with Crippen molar-refractivity contribution in [2.75, 3.05) is 19.6 Å². The molecular formula is C14H21F3N4O2. The van der Waals surface area contributed by atoms with E-state index in [0.29, 0.717) is 13.0 Å². The summed E-state index contributed by atoms with van der Waals surface area (Å²) in [4.78, 5) is 15.6. The Kier molecular flexibility index (Phi) is 5.30. The molecule has 6 nitrogen and oxygen atoms in total. The fraction of sp³-hybridized carbons (Fsp3) is 0.714. The summed E-state index contributed by atoms with van der Waals surface area (Å²) in [5, 5.41) is 15.7. The zero-order chi connectivity index (χ0) is 17.1. The highest BCUT2D eigenvalue weighted by Crippen LogP contribution is 2.40. The van der Waals surface area contributed by atoms with E-state index in [2.05, 4.69) is 15.6 Å². The van der Waals surface area contributed by atoms with Crippen LogP contribution in [-0.4, -0.2) is 46.4 Å². The maximum absolute atomic E-state index is 13.3. The zero-order valence-electron chi connectivity index (χ0n) is 12.9. The van der Waals surface area contributed by atoms with Gasteiger partial charge in [-0.2, -0.15) is 13.2 Å². The Bertz CT molecular complexity index is 540. The molecule has 0 radical (unpaired) electrons. The van der Waals surface area contributed by atoms with E-state index in [4.69, 9.17) is 0 Å². The van der Waals surface area contributed by atoms with Crippen LogP contribution in [0, 0.1) is 5.92 Å². The molecule has 2 heterocycles. The van der Waals surface area contributed by atoms with Crippen molar-refractivity contribution < 1.29 is 23.1 Å². The Hall–Kier alpha value is -1.61. The van der Waals surface area contributed by atoms with Gasteiger partial charge in [0.05, 0.1) is 5.92 Å². The highest BCUT2D eigenvalue weighted by atomic mass is 19.4. The smallest absolute Gasteiger partial charge is 0.374 e. The first-order valence-corrected chi connectivity index (χ1v) is 7.51. The minimum absolute atomic E-state index is 0.240. The van der Waals surface area contributed by atoms with Gasteiger partial charge in [-0.05, 0) is 19.4 Å². The number of carbonyl (C=O) groups is 1. The summed E-state index contributed by atoms with van der Waals surface area (Å²) in [6.45, 7) is 1.09. The van der Waals surface area contributed by atoms with Crippen LogP contribution in [0.1, 0.15) is 25.1 Å². The number of halogens is 3. The molecule has 2 atom stereocenters. The summed E-state index contributed by atoms with van der Waals surface area (Å²) in [5.74, 6) is -1.02. The SMILES string of the molecule is Cn1ccnc1[C@@](O)(CCNC(=O)[C@@H]1CCCNC1)C(F)(F)F. The van der Waals surface area contributed by atoms with E-state index in [1.165, 1.54) is 19.4 Å². The number of piperidine rings is 1. The number of aliphatic hydroxyl groups is 1. The van der Waals surface area contributed by atoms with E-state index >= 15 is 0 Å². The lowest BCUT2D eigenvalue weighted by Crippen LogP contribution is -2.47. The molecular weight excluding hydrogens is 313 g/mol. The Morgan fingerprint density at radius 2 is 2.30 bits per heavy atom. The highest BCUT2D eigenvalue weighted by Gasteiger charge is 2.57. The number of alkyl halides is 3. The first kappa shape index (κ1) is 17.7. The summed E-state index contributed by atoms with van der Waals surface area (Å²) in [6.07, 6.45) is -1.48. The van der Waals surface area contributed by atoms with Crippen LogP contribution in [0.2, 0.25) is 0 Å². The molecule has 1 saturated heterocycles. The number of carbonyl (C=O) groups excluding carboxylic acids is 1. The lowest BCUT2D eigenvalue weighted by atomic mass is 9.96. The lowest BCUT2D eigenvalue weighted by molar-refractivity contribution is -0.272. The number of nitrogens with one attached hydrogen (secondary N) is 2. The summed E-state index contributed by atoms with van der Waals surface area (Å²) in [6, 6.07) is 0. The third kappa shape index (κ3) is 3.84. The molecule has 1 aromatic heterocycles. The molecule has 1 amide bonds. The molecule has 0 unspecified atom stereocenters. The monoisotopic (exact) mass is 334 g/mol. The largest absolute Gasteiger partial charge is 0.424 e. The number of hydrogen-bond donors (Lipinski definition) is 3. The molecule has 0 aliphatic carbocycles. The molecule has 0 saturated carbocycles. The summed E-state index contributed by atoms with van der Waals surface area (Å²) in [5.41, 5.74) is -3.09. The van der Waals surface area contributed by atoms with Crippen molar-refractivity contribution in [3.63, 3.8) is 0 Å². The second-order valence-corrected chi connectivity index (χ2v) is 5.80. The number of imidazole rings is 1. The average molecular weight is 334 g/mol. The molecule has 9 heteroatoms. The van der Waals surface area contributed by atoms with Gasteiger partial charge in [0.1, 0.15) is 5.82 Å². The van der Waals surface area contributed by atoms with Crippen LogP contribution in [0.4, 0.5) is 13.2 Å². The van der Waals surface area contributed by atoms with Gasteiger partial charge in [0.25, 0.3) is 0 Å². The number of aromatic nitrogens is 2. The van der Waals surface area contributed by atoms with Crippen LogP contribution in [-0.2, 0) is 17.4 Å². The molecule has 1 aliphatic heterocycles. The molecule has 23 heavy (non-hydrogen) atoms. The van der Waals surface area contributed by atoms with Crippen LogP contribution in [0.15, 0.2) is 12.4 Å². The average Bonchev–Trinajstić information content (AvgIpc) is 2.93. The van der Waals surface area contributed by atoms with Crippen LogP contribution in [0.3, 0.4) is 0 Å².